The minimum absolute atomic E-state index is 0.180. The van der Waals surface area contributed by atoms with E-state index in [0.717, 1.165) is 3.71 Å². The first kappa shape index (κ1) is 16.9. The van der Waals surface area contributed by atoms with Gasteiger partial charge in [0.25, 0.3) is 0 Å². The van der Waals surface area contributed by atoms with Gasteiger partial charge in [-0.05, 0) is 18.9 Å². The maximum atomic E-state index is 11.5. The van der Waals surface area contributed by atoms with Crippen LogP contribution in [0.3, 0.4) is 0 Å². The normalized spacial score (nSPS) is 13.1. The Balaban J connectivity index is 4.93. The quantitative estimate of drug-likeness (QED) is 0.422. The smallest absolute Gasteiger partial charge is 0.211 e. The molecule has 0 aromatic rings. The summed E-state index contributed by atoms with van der Waals surface area (Å²) in [6, 6.07) is 1.69. The lowest BCUT2D eigenvalue weighted by molar-refractivity contribution is 0.557. The molecule has 0 saturated carbocycles. The van der Waals surface area contributed by atoms with Crippen molar-refractivity contribution in [3.63, 3.8) is 0 Å². The van der Waals surface area contributed by atoms with Crippen molar-refractivity contribution in [1.82, 2.24) is 3.71 Å². The van der Waals surface area contributed by atoms with Crippen molar-refractivity contribution in [1.29, 1.82) is 5.26 Å². The van der Waals surface area contributed by atoms with Crippen LogP contribution >= 0.6 is 58.4 Å². The molecule has 0 bridgehead atoms. The lowest BCUT2D eigenvalue weighted by Crippen LogP contribution is -2.32. The van der Waals surface area contributed by atoms with Gasteiger partial charge in [0.15, 0.2) is 4.84 Å². The van der Waals surface area contributed by atoms with Crippen LogP contribution < -0.4 is 0 Å². The van der Waals surface area contributed by atoms with Crippen molar-refractivity contribution in [2.45, 2.75) is 15.4 Å². The summed E-state index contributed by atoms with van der Waals surface area (Å²) in [5.41, 5.74) is 0. The summed E-state index contributed by atoms with van der Waals surface area (Å²) in [4.78, 5) is -1.20. The van der Waals surface area contributed by atoms with Gasteiger partial charge in [0.2, 0.25) is 13.7 Å². The third-order valence-corrected chi connectivity index (χ3v) is 6.76. The second kappa shape index (κ2) is 6.74. The Kier molecular flexibility index (Phi) is 7.12. The van der Waals surface area contributed by atoms with Crippen molar-refractivity contribution in [2.75, 3.05) is 12.3 Å². The first-order valence-electron chi connectivity index (χ1n) is 3.89. The van der Waals surface area contributed by atoms with Gasteiger partial charge in [-0.15, -0.1) is 26.9 Å². The van der Waals surface area contributed by atoms with Crippen LogP contribution in [0.5, 0.6) is 0 Å². The molecule has 0 rings (SSSR count). The fraction of sp³-hybridized carbons (Fsp3) is 0.833. The standard InChI is InChI=1S/C6H8Cl4N2O2S2/c1-2-16(13,14)12(4-3-11)15-6(9,10)5(7)8/h5H,2,4H2,1H3. The number of hydrogen-bond acceptors (Lipinski definition) is 4. The summed E-state index contributed by atoms with van der Waals surface area (Å²) < 4.78 is 22.1. The highest BCUT2D eigenvalue weighted by Gasteiger charge is 2.39. The Bertz CT molecular complexity index is 365. The highest BCUT2D eigenvalue weighted by Crippen LogP contribution is 2.45. The van der Waals surface area contributed by atoms with E-state index in [1.54, 1.807) is 6.07 Å². The maximum Gasteiger partial charge on any atom is 0.224 e. The number of nitrogens with zero attached hydrogens (tertiary/aromatic N) is 2. The molecule has 10 heteroatoms. The van der Waals surface area contributed by atoms with E-state index in [4.69, 9.17) is 51.7 Å². The number of nitriles is 1. The Morgan fingerprint density at radius 2 is 2.00 bits per heavy atom. The molecular weight excluding hydrogens is 338 g/mol. The summed E-state index contributed by atoms with van der Waals surface area (Å²) >= 11 is 22.9. The number of sulfonamides is 1. The monoisotopic (exact) mass is 344 g/mol. The molecule has 16 heavy (non-hydrogen) atoms. The molecule has 0 heterocycles. The van der Waals surface area contributed by atoms with E-state index in [1.165, 1.54) is 6.92 Å². The number of alkyl halides is 4. The molecule has 0 N–H and O–H groups in total. The van der Waals surface area contributed by atoms with E-state index >= 15 is 0 Å². The van der Waals surface area contributed by atoms with Crippen molar-refractivity contribution in [2.24, 2.45) is 0 Å². The lowest BCUT2D eigenvalue weighted by atomic mass is 10.8. The molecule has 0 aromatic carbocycles. The van der Waals surface area contributed by atoms with Crippen LogP contribution in [-0.2, 0) is 10.0 Å². The van der Waals surface area contributed by atoms with Gasteiger partial charge in [-0.1, -0.05) is 23.2 Å². The fourth-order valence-corrected chi connectivity index (χ4v) is 3.69. The third-order valence-electron chi connectivity index (χ3n) is 1.35. The zero-order chi connectivity index (χ0) is 13.0. The van der Waals surface area contributed by atoms with E-state index in [-0.39, 0.29) is 12.3 Å². The van der Waals surface area contributed by atoms with Crippen LogP contribution in [-0.4, -0.2) is 32.9 Å². The summed E-state index contributed by atoms with van der Waals surface area (Å²) in [5.74, 6) is -0.180. The zero-order valence-electron chi connectivity index (χ0n) is 8.03. The first-order valence-corrected chi connectivity index (χ1v) is 7.91. The topological polar surface area (TPSA) is 61.2 Å². The van der Waals surface area contributed by atoms with E-state index in [2.05, 4.69) is 0 Å². The van der Waals surface area contributed by atoms with Crippen LogP contribution in [0.1, 0.15) is 6.92 Å². The second-order valence-electron chi connectivity index (χ2n) is 2.47. The third kappa shape index (κ3) is 5.05. The molecule has 0 fully saturated rings. The molecule has 0 aliphatic heterocycles. The molecule has 0 aliphatic carbocycles. The average molecular weight is 346 g/mol. The molecule has 0 radical (unpaired) electrons. The van der Waals surface area contributed by atoms with Crippen molar-refractivity contribution in [3.8, 4) is 6.07 Å². The predicted octanol–water partition coefficient (Wildman–Crippen LogP) is 2.74. The molecule has 94 valence electrons. The molecule has 0 amide bonds. The van der Waals surface area contributed by atoms with E-state index in [0.29, 0.717) is 11.9 Å². The largest absolute Gasteiger partial charge is 0.224 e. The van der Waals surface area contributed by atoms with Crippen LogP contribution in [0, 0.1) is 11.3 Å². The molecule has 0 aliphatic rings. The van der Waals surface area contributed by atoms with E-state index < -0.39 is 18.5 Å². The molecule has 0 spiro atoms. The Labute approximate surface area is 119 Å². The second-order valence-corrected chi connectivity index (χ2v) is 9.08. The van der Waals surface area contributed by atoms with Crippen molar-refractivity contribution in [3.05, 3.63) is 0 Å². The maximum absolute atomic E-state index is 11.5. The molecule has 0 atom stereocenters. The van der Waals surface area contributed by atoms with Gasteiger partial charge < -0.3 is 0 Å². The molecule has 0 unspecified atom stereocenters. The average Bonchev–Trinajstić information content (AvgIpc) is 2.16. The Hall–Kier alpha value is 0.910. The minimum atomic E-state index is -3.60. The molecule has 0 saturated heterocycles. The van der Waals surface area contributed by atoms with Gasteiger partial charge in [0.05, 0.1) is 11.8 Å². The first-order chi connectivity index (χ1) is 7.17. The summed E-state index contributed by atoms with van der Waals surface area (Å²) in [5, 5.41) is 8.51. The van der Waals surface area contributed by atoms with Gasteiger partial charge in [-0.2, -0.15) is 5.26 Å². The van der Waals surface area contributed by atoms with Crippen LogP contribution in [0.15, 0.2) is 0 Å². The fourth-order valence-electron chi connectivity index (χ4n) is 0.565. The van der Waals surface area contributed by atoms with Crippen LogP contribution in [0.4, 0.5) is 0 Å². The molecule has 0 aromatic heterocycles. The van der Waals surface area contributed by atoms with Gasteiger partial charge in [0.1, 0.15) is 6.54 Å². The van der Waals surface area contributed by atoms with E-state index in [1.807, 2.05) is 0 Å². The Morgan fingerprint density at radius 1 is 1.50 bits per heavy atom. The van der Waals surface area contributed by atoms with E-state index in [9.17, 15) is 8.42 Å². The highest BCUT2D eigenvalue weighted by molar-refractivity contribution is 8.11. The highest BCUT2D eigenvalue weighted by atomic mass is 35.5. The summed E-state index contributed by atoms with van der Waals surface area (Å²) in [6.07, 6.45) is 0. The number of hydrogen-bond donors (Lipinski definition) is 0. The van der Waals surface area contributed by atoms with Crippen molar-refractivity contribution < 1.29 is 8.42 Å². The summed E-state index contributed by atoms with van der Waals surface area (Å²) in [7, 11) is -3.60. The van der Waals surface area contributed by atoms with Gasteiger partial charge >= 0.3 is 0 Å². The lowest BCUT2D eigenvalue weighted by Gasteiger charge is -2.26. The van der Waals surface area contributed by atoms with Crippen LogP contribution in [0.2, 0.25) is 0 Å². The molecule has 4 nitrogen and oxygen atoms in total. The minimum Gasteiger partial charge on any atom is -0.211 e. The molecular formula is C6H8Cl4N2O2S2. The predicted molar refractivity (Wildman–Crippen MR) is 69.3 cm³/mol. The van der Waals surface area contributed by atoms with Gasteiger partial charge in [-0.25, -0.2) is 8.42 Å². The Morgan fingerprint density at radius 3 is 2.31 bits per heavy atom. The number of halogens is 4. The number of rotatable bonds is 6. The summed E-state index contributed by atoms with van der Waals surface area (Å²) in [6.45, 7) is 1.05. The SMILES string of the molecule is CCS(=O)(=O)N(CC#N)SC(Cl)(Cl)C(Cl)Cl. The van der Waals surface area contributed by atoms with Gasteiger partial charge in [-0.3, -0.25) is 0 Å². The van der Waals surface area contributed by atoms with Crippen LogP contribution in [0.25, 0.3) is 0 Å². The van der Waals surface area contributed by atoms with Gasteiger partial charge in [0, 0.05) is 0 Å². The zero-order valence-corrected chi connectivity index (χ0v) is 12.7. The van der Waals surface area contributed by atoms with Crippen molar-refractivity contribution >= 4 is 68.4 Å².